The van der Waals surface area contributed by atoms with Crippen molar-refractivity contribution in [1.29, 1.82) is 0 Å². The number of nitrogens with zero attached hydrogens (tertiary/aromatic N) is 2. The molecule has 0 unspecified atom stereocenters. The smallest absolute Gasteiger partial charge is 0.276 e. The van der Waals surface area contributed by atoms with Crippen LogP contribution in [0.2, 0.25) is 0 Å². The van der Waals surface area contributed by atoms with Gasteiger partial charge in [0.15, 0.2) is 0 Å². The third kappa shape index (κ3) is 3.66. The Morgan fingerprint density at radius 1 is 1.24 bits per heavy atom. The molecule has 0 atom stereocenters. The molecule has 0 aliphatic rings. The van der Waals surface area contributed by atoms with Crippen molar-refractivity contribution in [3.05, 3.63) is 58.0 Å². The summed E-state index contributed by atoms with van der Waals surface area (Å²) in [5.74, 6) is 1.08. The molecule has 9 heteroatoms. The van der Waals surface area contributed by atoms with E-state index in [9.17, 15) is 18.5 Å². The molecule has 1 N–H and O–H groups in total. The van der Waals surface area contributed by atoms with Crippen LogP contribution >= 0.6 is 0 Å². The molecule has 0 spiro atoms. The largest absolute Gasteiger partial charge is 0.460 e. The summed E-state index contributed by atoms with van der Waals surface area (Å²) in [6.45, 7) is 1.75. The molecule has 0 saturated carbocycles. The molecule has 0 amide bonds. The van der Waals surface area contributed by atoms with E-state index >= 15 is 0 Å². The summed E-state index contributed by atoms with van der Waals surface area (Å²) in [7, 11) is -3.88. The van der Waals surface area contributed by atoms with Crippen molar-refractivity contribution in [1.82, 2.24) is 4.83 Å². The molecule has 21 heavy (non-hydrogen) atoms. The quantitative estimate of drug-likeness (QED) is 0.514. The zero-order valence-corrected chi connectivity index (χ0v) is 11.7. The van der Waals surface area contributed by atoms with E-state index in [4.69, 9.17) is 4.42 Å². The van der Waals surface area contributed by atoms with Gasteiger partial charge >= 0.3 is 0 Å². The predicted molar refractivity (Wildman–Crippen MR) is 74.5 cm³/mol. The topological polar surface area (TPSA) is 115 Å². The van der Waals surface area contributed by atoms with Gasteiger partial charge in [-0.15, -0.1) is 0 Å². The van der Waals surface area contributed by atoms with Gasteiger partial charge in [0, 0.05) is 12.1 Å². The Labute approximate surface area is 120 Å². The first kappa shape index (κ1) is 14.7. The van der Waals surface area contributed by atoms with Crippen molar-refractivity contribution < 1.29 is 17.8 Å². The van der Waals surface area contributed by atoms with E-state index < -0.39 is 14.9 Å². The first-order valence-electron chi connectivity index (χ1n) is 5.74. The number of furan rings is 1. The van der Waals surface area contributed by atoms with Crippen LogP contribution in [0, 0.1) is 17.0 Å². The number of hydrogen-bond acceptors (Lipinski definition) is 6. The van der Waals surface area contributed by atoms with Gasteiger partial charge < -0.3 is 4.42 Å². The number of nitro benzene ring substituents is 1. The zero-order chi connectivity index (χ0) is 15.5. The van der Waals surface area contributed by atoms with E-state index in [0.717, 1.165) is 24.3 Å². The Balaban J connectivity index is 2.11. The van der Waals surface area contributed by atoms with Gasteiger partial charge in [0.2, 0.25) is 0 Å². The minimum Gasteiger partial charge on any atom is -0.460 e. The summed E-state index contributed by atoms with van der Waals surface area (Å²) in [4.78, 5) is 11.8. The maximum Gasteiger partial charge on any atom is 0.276 e. The Bertz CT molecular complexity index is 777. The van der Waals surface area contributed by atoms with E-state index in [1.807, 2.05) is 4.83 Å². The fourth-order valence-electron chi connectivity index (χ4n) is 1.48. The van der Waals surface area contributed by atoms with Crippen LogP contribution in [0.3, 0.4) is 0 Å². The maximum atomic E-state index is 11.9. The van der Waals surface area contributed by atoms with Crippen molar-refractivity contribution in [2.75, 3.05) is 0 Å². The summed E-state index contributed by atoms with van der Waals surface area (Å²) in [5.41, 5.74) is -0.191. The lowest BCUT2D eigenvalue weighted by Crippen LogP contribution is -2.18. The number of aryl methyl sites for hydroxylation is 1. The number of sulfonamides is 1. The van der Waals surface area contributed by atoms with Crippen LogP contribution in [-0.4, -0.2) is 19.6 Å². The molecule has 8 nitrogen and oxygen atoms in total. The molecule has 0 aliphatic carbocycles. The molecule has 1 aromatic carbocycles. The second kappa shape index (κ2) is 5.75. The van der Waals surface area contributed by atoms with Crippen molar-refractivity contribution in [3.63, 3.8) is 0 Å². The van der Waals surface area contributed by atoms with E-state index in [1.54, 1.807) is 19.1 Å². The van der Waals surface area contributed by atoms with Gasteiger partial charge in [0.25, 0.3) is 15.7 Å². The molecule has 0 aliphatic heterocycles. The fourth-order valence-corrected chi connectivity index (χ4v) is 2.27. The summed E-state index contributed by atoms with van der Waals surface area (Å²) in [6.07, 6.45) is 1.22. The van der Waals surface area contributed by atoms with Crippen LogP contribution in [0.1, 0.15) is 11.5 Å². The van der Waals surface area contributed by atoms with Crippen LogP contribution in [0.5, 0.6) is 0 Å². The van der Waals surface area contributed by atoms with Crippen LogP contribution in [0.4, 0.5) is 5.69 Å². The van der Waals surface area contributed by atoms with Gasteiger partial charge in [0.05, 0.1) is 16.0 Å². The third-order valence-electron chi connectivity index (χ3n) is 2.48. The van der Waals surface area contributed by atoms with Gasteiger partial charge in [-0.05, 0) is 31.2 Å². The van der Waals surface area contributed by atoms with Gasteiger partial charge in [-0.25, -0.2) is 0 Å². The standard InChI is InChI=1S/C12H11N3O5S/c1-9-2-5-11(20-9)8-13-14-21(18,19)12-6-3-10(4-7-12)15(16)17/h2-8,14H,1H3. The highest BCUT2D eigenvalue weighted by Gasteiger charge is 2.14. The number of hydrazone groups is 1. The Morgan fingerprint density at radius 3 is 2.43 bits per heavy atom. The average molecular weight is 309 g/mol. The second-order valence-electron chi connectivity index (χ2n) is 4.05. The third-order valence-corrected chi connectivity index (χ3v) is 3.72. The Morgan fingerprint density at radius 2 is 1.90 bits per heavy atom. The lowest BCUT2D eigenvalue weighted by molar-refractivity contribution is -0.384. The fraction of sp³-hybridized carbons (Fsp3) is 0.0833. The van der Waals surface area contributed by atoms with Crippen LogP contribution in [0.25, 0.3) is 0 Å². The van der Waals surface area contributed by atoms with Crippen LogP contribution in [0.15, 0.2) is 50.8 Å². The van der Waals surface area contributed by atoms with Crippen LogP contribution in [-0.2, 0) is 10.0 Å². The molecule has 2 aromatic rings. The highest BCUT2D eigenvalue weighted by Crippen LogP contribution is 2.15. The lowest BCUT2D eigenvalue weighted by Gasteiger charge is -2.02. The molecule has 1 aromatic heterocycles. The summed E-state index contributed by atoms with van der Waals surface area (Å²) in [5, 5.41) is 14.1. The van der Waals surface area contributed by atoms with Crippen molar-refractivity contribution in [3.8, 4) is 0 Å². The van der Waals surface area contributed by atoms with E-state index in [-0.39, 0.29) is 10.6 Å². The number of hydrogen-bond donors (Lipinski definition) is 1. The van der Waals surface area contributed by atoms with Gasteiger partial charge in [-0.2, -0.15) is 18.4 Å². The number of rotatable bonds is 5. The SMILES string of the molecule is Cc1ccc(C=NNS(=O)(=O)c2ccc([N+](=O)[O-])cc2)o1. The minimum atomic E-state index is -3.88. The minimum absolute atomic E-state index is 0.124. The highest BCUT2D eigenvalue weighted by atomic mass is 32.2. The zero-order valence-electron chi connectivity index (χ0n) is 10.9. The molecule has 2 rings (SSSR count). The van der Waals surface area contributed by atoms with Crippen molar-refractivity contribution in [2.24, 2.45) is 5.10 Å². The van der Waals surface area contributed by atoms with E-state index in [0.29, 0.717) is 11.5 Å². The first-order chi connectivity index (χ1) is 9.88. The van der Waals surface area contributed by atoms with E-state index in [2.05, 4.69) is 5.10 Å². The number of non-ortho nitro benzene ring substituents is 1. The Kier molecular flexibility index (Phi) is 4.03. The summed E-state index contributed by atoms with van der Waals surface area (Å²) < 4.78 is 29.0. The monoisotopic (exact) mass is 309 g/mol. The van der Waals surface area contributed by atoms with Crippen molar-refractivity contribution in [2.45, 2.75) is 11.8 Å². The maximum absolute atomic E-state index is 11.9. The summed E-state index contributed by atoms with van der Waals surface area (Å²) >= 11 is 0. The molecule has 0 saturated heterocycles. The van der Waals surface area contributed by atoms with Gasteiger partial charge in [-0.3, -0.25) is 10.1 Å². The van der Waals surface area contributed by atoms with Crippen molar-refractivity contribution >= 4 is 21.9 Å². The normalized spacial score (nSPS) is 11.7. The molecular formula is C12H11N3O5S. The molecule has 0 radical (unpaired) electrons. The van der Waals surface area contributed by atoms with Crippen LogP contribution < -0.4 is 4.83 Å². The molecule has 110 valence electrons. The number of nitrogens with one attached hydrogen (secondary N) is 1. The van der Waals surface area contributed by atoms with E-state index in [1.165, 1.54) is 6.21 Å². The average Bonchev–Trinajstić information content (AvgIpc) is 2.84. The predicted octanol–water partition coefficient (Wildman–Crippen LogP) is 1.81. The first-order valence-corrected chi connectivity index (χ1v) is 7.22. The second-order valence-corrected chi connectivity index (χ2v) is 5.71. The van der Waals surface area contributed by atoms with Gasteiger partial charge in [0.1, 0.15) is 11.5 Å². The Hall–Kier alpha value is -2.68. The molecule has 0 fully saturated rings. The molecule has 0 bridgehead atoms. The number of nitro groups is 1. The lowest BCUT2D eigenvalue weighted by atomic mass is 10.3. The molecular weight excluding hydrogens is 298 g/mol. The van der Waals surface area contributed by atoms with Gasteiger partial charge in [-0.1, -0.05) is 0 Å². The summed E-state index contributed by atoms with van der Waals surface area (Å²) in [6, 6.07) is 7.83. The highest BCUT2D eigenvalue weighted by molar-refractivity contribution is 7.89. The molecule has 1 heterocycles. The number of benzene rings is 1.